The number of halogens is 1. The van der Waals surface area contributed by atoms with Gasteiger partial charge in [-0.25, -0.2) is 8.42 Å². The molecule has 0 saturated carbocycles. The van der Waals surface area contributed by atoms with Crippen molar-refractivity contribution in [3.63, 3.8) is 0 Å². The minimum Gasteiger partial charge on any atom is -0.466 e. The molecule has 0 aromatic heterocycles. The van der Waals surface area contributed by atoms with Crippen molar-refractivity contribution in [1.29, 1.82) is 0 Å². The summed E-state index contributed by atoms with van der Waals surface area (Å²) in [6.45, 7) is 8.06. The Kier molecular flexibility index (Phi) is 9.74. The summed E-state index contributed by atoms with van der Waals surface area (Å²) < 4.78 is 32.8. The first-order valence-electron chi connectivity index (χ1n) is 10.6. The number of carbonyl (C=O) groups is 2. The van der Waals surface area contributed by atoms with Crippen molar-refractivity contribution in [2.45, 2.75) is 57.0 Å². The van der Waals surface area contributed by atoms with E-state index in [-0.39, 0.29) is 42.4 Å². The molecule has 2 rings (SSSR count). The Labute approximate surface area is 189 Å². The molecular weight excluding hydrogens is 442 g/mol. The number of ether oxygens (including phenoxy) is 1. The van der Waals surface area contributed by atoms with Gasteiger partial charge in [0.25, 0.3) is 0 Å². The van der Waals surface area contributed by atoms with E-state index in [1.165, 1.54) is 31.2 Å². The van der Waals surface area contributed by atoms with Crippen molar-refractivity contribution in [3.8, 4) is 0 Å². The number of nitrogens with one attached hydrogen (secondary N) is 1. The van der Waals surface area contributed by atoms with Crippen molar-refractivity contribution >= 4 is 33.5 Å². The van der Waals surface area contributed by atoms with Crippen molar-refractivity contribution < 1.29 is 22.7 Å². The van der Waals surface area contributed by atoms with Crippen LogP contribution in [-0.2, 0) is 24.3 Å². The highest BCUT2D eigenvalue weighted by molar-refractivity contribution is 7.89. The number of hydrogen-bond donors (Lipinski definition) is 1. The third-order valence-electron chi connectivity index (χ3n) is 5.37. The molecule has 8 nitrogen and oxygen atoms in total. The van der Waals surface area contributed by atoms with Crippen molar-refractivity contribution in [2.75, 3.05) is 32.8 Å². The summed E-state index contributed by atoms with van der Waals surface area (Å²) in [6.07, 6.45) is 2.08. The third-order valence-corrected chi connectivity index (χ3v) is 7.17. The second-order valence-corrected chi connectivity index (χ2v) is 9.71. The van der Waals surface area contributed by atoms with Crippen LogP contribution in [-0.4, -0.2) is 75.0 Å². The van der Waals surface area contributed by atoms with Gasteiger partial charge in [0.2, 0.25) is 15.9 Å². The van der Waals surface area contributed by atoms with Crippen LogP contribution in [0.25, 0.3) is 0 Å². The predicted octanol–water partition coefficient (Wildman–Crippen LogP) is 2.27. The van der Waals surface area contributed by atoms with Crippen molar-refractivity contribution in [2.24, 2.45) is 0 Å². The summed E-state index contributed by atoms with van der Waals surface area (Å²) in [5.41, 5.74) is 0. The maximum absolute atomic E-state index is 13.2. The zero-order valence-corrected chi connectivity index (χ0v) is 19.9. The lowest BCUT2D eigenvalue weighted by Gasteiger charge is -2.32. The number of rotatable bonds is 11. The highest BCUT2D eigenvalue weighted by Crippen LogP contribution is 2.19. The molecule has 1 N–H and O–H groups in total. The molecule has 1 unspecified atom stereocenters. The Morgan fingerprint density at radius 2 is 1.97 bits per heavy atom. The molecule has 1 fully saturated rings. The molecule has 2 atom stereocenters. The molecule has 1 aromatic carbocycles. The number of hydrogen-bond acceptors (Lipinski definition) is 6. The molecular formula is C21H32ClN3O5S. The first kappa shape index (κ1) is 25.6. The molecule has 1 aliphatic rings. The Morgan fingerprint density at radius 3 is 2.58 bits per heavy atom. The van der Waals surface area contributed by atoms with Crippen LogP contribution in [0.3, 0.4) is 0 Å². The molecule has 10 heteroatoms. The van der Waals surface area contributed by atoms with Gasteiger partial charge in [-0.05, 0) is 64.0 Å². The van der Waals surface area contributed by atoms with Gasteiger partial charge < -0.3 is 9.64 Å². The van der Waals surface area contributed by atoms with Crippen LogP contribution in [0.2, 0.25) is 5.02 Å². The fourth-order valence-corrected chi connectivity index (χ4v) is 5.08. The number of esters is 1. The predicted molar refractivity (Wildman–Crippen MR) is 119 cm³/mol. The summed E-state index contributed by atoms with van der Waals surface area (Å²) >= 11 is 5.83. The maximum atomic E-state index is 13.2. The number of sulfonamides is 1. The number of amides is 1. The number of likely N-dealkylation sites (N-methyl/N-ethyl adjacent to an activating group) is 1. The minimum atomic E-state index is -3.90. The molecule has 1 saturated heterocycles. The van der Waals surface area contributed by atoms with Gasteiger partial charge in [0.1, 0.15) is 0 Å². The van der Waals surface area contributed by atoms with Crippen LogP contribution in [0.5, 0.6) is 0 Å². The summed E-state index contributed by atoms with van der Waals surface area (Å²) in [4.78, 5) is 28.9. The first-order chi connectivity index (χ1) is 14.7. The van der Waals surface area contributed by atoms with Gasteiger partial charge in [-0.3, -0.25) is 14.5 Å². The Balaban J connectivity index is 2.11. The summed E-state index contributed by atoms with van der Waals surface area (Å²) in [6, 6.07) is 4.94. The second kappa shape index (κ2) is 11.8. The average Bonchev–Trinajstić information content (AvgIpc) is 3.18. The van der Waals surface area contributed by atoms with E-state index in [1.54, 1.807) is 11.8 Å². The average molecular weight is 474 g/mol. The molecule has 1 aromatic rings. The van der Waals surface area contributed by atoms with E-state index in [0.29, 0.717) is 11.6 Å². The maximum Gasteiger partial charge on any atom is 0.307 e. The number of likely N-dealkylation sites (tertiary alicyclic amines) is 1. The monoisotopic (exact) mass is 473 g/mol. The topological polar surface area (TPSA) is 96.0 Å². The zero-order valence-electron chi connectivity index (χ0n) is 18.3. The Hall–Kier alpha value is -1.68. The van der Waals surface area contributed by atoms with E-state index >= 15 is 0 Å². The van der Waals surface area contributed by atoms with Crippen LogP contribution in [0, 0.1) is 0 Å². The number of nitrogens with zero attached hydrogens (tertiary/aromatic N) is 2. The summed E-state index contributed by atoms with van der Waals surface area (Å²) in [5.74, 6) is -0.752. The quantitative estimate of drug-likeness (QED) is 0.495. The van der Waals surface area contributed by atoms with Gasteiger partial charge in [-0.15, -0.1) is 0 Å². The molecule has 0 aliphatic carbocycles. The van der Waals surface area contributed by atoms with E-state index in [0.717, 1.165) is 25.9 Å². The van der Waals surface area contributed by atoms with Gasteiger partial charge in [-0.1, -0.05) is 18.5 Å². The lowest BCUT2D eigenvalue weighted by molar-refractivity contribution is -0.144. The highest BCUT2D eigenvalue weighted by atomic mass is 35.5. The molecule has 1 heterocycles. The van der Waals surface area contributed by atoms with E-state index in [1.807, 2.05) is 0 Å². The zero-order chi connectivity index (χ0) is 23.0. The lowest BCUT2D eigenvalue weighted by Crippen LogP contribution is -2.51. The fourth-order valence-electron chi connectivity index (χ4n) is 3.76. The summed E-state index contributed by atoms with van der Waals surface area (Å²) in [5, 5.41) is 0.422. The molecule has 0 bridgehead atoms. The van der Waals surface area contributed by atoms with Crippen LogP contribution < -0.4 is 4.72 Å². The molecule has 0 radical (unpaired) electrons. The Bertz CT molecular complexity index is 847. The smallest absolute Gasteiger partial charge is 0.307 e. The van der Waals surface area contributed by atoms with Gasteiger partial charge in [-0.2, -0.15) is 4.72 Å². The second-order valence-electron chi connectivity index (χ2n) is 7.56. The van der Waals surface area contributed by atoms with E-state index < -0.39 is 16.1 Å². The molecule has 1 amide bonds. The first-order valence-corrected chi connectivity index (χ1v) is 12.5. The third kappa shape index (κ3) is 7.45. The SMILES string of the molecule is CCOC(=O)CCN(CC1CCCN1CC)C(=O)[C@H](C)NS(=O)(=O)c1ccc(Cl)cc1. The Morgan fingerprint density at radius 1 is 1.29 bits per heavy atom. The molecule has 0 spiro atoms. The summed E-state index contributed by atoms with van der Waals surface area (Å²) in [7, 11) is -3.90. The van der Waals surface area contributed by atoms with Crippen molar-refractivity contribution in [1.82, 2.24) is 14.5 Å². The van der Waals surface area contributed by atoms with E-state index in [4.69, 9.17) is 16.3 Å². The van der Waals surface area contributed by atoms with Crippen LogP contribution in [0.15, 0.2) is 29.2 Å². The fraction of sp³-hybridized carbons (Fsp3) is 0.619. The number of benzene rings is 1. The van der Waals surface area contributed by atoms with E-state index in [2.05, 4.69) is 16.5 Å². The van der Waals surface area contributed by atoms with Gasteiger partial charge in [0.05, 0.1) is 24.0 Å². The standard InChI is InChI=1S/C21H32ClN3O5S/c1-4-24-13-6-7-18(24)15-25(14-12-20(26)30-5-2)21(27)16(3)23-31(28,29)19-10-8-17(22)9-11-19/h8-11,16,18,23H,4-7,12-15H2,1-3H3/t16-,18?/m0/s1. The molecule has 174 valence electrons. The van der Waals surface area contributed by atoms with Crippen LogP contribution in [0.4, 0.5) is 0 Å². The van der Waals surface area contributed by atoms with Gasteiger partial charge >= 0.3 is 5.97 Å². The normalized spacial score (nSPS) is 18.0. The number of carbonyl (C=O) groups excluding carboxylic acids is 2. The van der Waals surface area contributed by atoms with Crippen LogP contribution in [0.1, 0.15) is 40.0 Å². The van der Waals surface area contributed by atoms with Crippen LogP contribution >= 0.6 is 11.6 Å². The molecule has 1 aliphatic heterocycles. The van der Waals surface area contributed by atoms with Crippen molar-refractivity contribution in [3.05, 3.63) is 29.3 Å². The minimum absolute atomic E-state index is 0.0302. The van der Waals surface area contributed by atoms with Gasteiger partial charge in [0.15, 0.2) is 0 Å². The van der Waals surface area contributed by atoms with E-state index in [9.17, 15) is 18.0 Å². The largest absolute Gasteiger partial charge is 0.466 e. The highest BCUT2D eigenvalue weighted by Gasteiger charge is 2.31. The molecule has 31 heavy (non-hydrogen) atoms. The lowest BCUT2D eigenvalue weighted by atomic mass is 10.1. The van der Waals surface area contributed by atoms with Gasteiger partial charge in [0, 0.05) is 24.2 Å².